The molecule has 0 radical (unpaired) electrons. The average molecular weight is 304 g/mol. The summed E-state index contributed by atoms with van der Waals surface area (Å²) in [7, 11) is 0. The summed E-state index contributed by atoms with van der Waals surface area (Å²) in [4.78, 5) is 22.1. The third-order valence-electron chi connectivity index (χ3n) is 3.16. The van der Waals surface area contributed by atoms with Crippen LogP contribution in [-0.4, -0.2) is 18.1 Å². The number of carbonyl (C=O) groups is 2. The van der Waals surface area contributed by atoms with Crippen molar-refractivity contribution in [2.75, 3.05) is 0 Å². The van der Waals surface area contributed by atoms with Crippen molar-refractivity contribution in [2.45, 2.75) is 40.8 Å². The summed E-state index contributed by atoms with van der Waals surface area (Å²) < 4.78 is 46.4. The van der Waals surface area contributed by atoms with Crippen molar-refractivity contribution in [3.05, 3.63) is 22.3 Å². The van der Waals surface area contributed by atoms with Gasteiger partial charge < -0.3 is 9.47 Å². The summed E-state index contributed by atoms with van der Waals surface area (Å²) in [5.41, 5.74) is 1.51. The minimum Gasteiger partial charge on any atom is -0.426 e. The Bertz CT molecular complexity index is 574. The quantitative estimate of drug-likeness (QED) is 0.621. The summed E-state index contributed by atoms with van der Waals surface area (Å²) >= 11 is 0. The van der Waals surface area contributed by atoms with E-state index in [4.69, 9.17) is 4.74 Å². The van der Waals surface area contributed by atoms with Crippen molar-refractivity contribution in [3.63, 3.8) is 0 Å². The topological polar surface area (TPSA) is 52.6 Å². The van der Waals surface area contributed by atoms with Crippen LogP contribution < -0.4 is 9.47 Å². The van der Waals surface area contributed by atoms with Gasteiger partial charge in [-0.25, -0.2) is 4.79 Å². The van der Waals surface area contributed by atoms with E-state index in [0.29, 0.717) is 22.3 Å². The number of hydrogen-bond donors (Lipinski definition) is 0. The lowest BCUT2D eigenvalue weighted by molar-refractivity contribution is -0.189. The number of rotatable bonds is 2. The van der Waals surface area contributed by atoms with Crippen LogP contribution in [0, 0.1) is 27.7 Å². The van der Waals surface area contributed by atoms with Gasteiger partial charge in [-0.2, -0.15) is 13.2 Å². The summed E-state index contributed by atoms with van der Waals surface area (Å²) in [5, 5.41) is 0. The van der Waals surface area contributed by atoms with E-state index < -0.39 is 18.1 Å². The summed E-state index contributed by atoms with van der Waals surface area (Å²) in [6, 6.07) is 0. The first-order valence-corrected chi connectivity index (χ1v) is 6.04. The van der Waals surface area contributed by atoms with Crippen molar-refractivity contribution in [3.8, 4) is 11.5 Å². The van der Waals surface area contributed by atoms with Gasteiger partial charge in [0.15, 0.2) is 0 Å². The molecule has 116 valence electrons. The summed E-state index contributed by atoms with van der Waals surface area (Å²) in [5.74, 6) is -2.72. The molecule has 0 saturated heterocycles. The fraction of sp³-hybridized carbons (Fsp3) is 0.429. The minimum absolute atomic E-state index is 0.164. The first kappa shape index (κ1) is 17.0. The lowest BCUT2D eigenvalue weighted by Gasteiger charge is -2.19. The fourth-order valence-electron chi connectivity index (χ4n) is 1.84. The number of alkyl halides is 3. The van der Waals surface area contributed by atoms with E-state index in [9.17, 15) is 22.8 Å². The maximum absolute atomic E-state index is 12.3. The molecule has 0 fully saturated rings. The predicted molar refractivity (Wildman–Crippen MR) is 68.4 cm³/mol. The second-order valence-electron chi connectivity index (χ2n) is 4.64. The Morgan fingerprint density at radius 2 is 1.14 bits per heavy atom. The third kappa shape index (κ3) is 3.53. The molecular weight excluding hydrogens is 289 g/mol. The van der Waals surface area contributed by atoms with Crippen molar-refractivity contribution >= 4 is 11.9 Å². The Morgan fingerprint density at radius 1 is 0.810 bits per heavy atom. The highest BCUT2D eigenvalue weighted by atomic mass is 19.4. The average Bonchev–Trinajstić information content (AvgIpc) is 2.35. The molecule has 0 heterocycles. The second kappa shape index (κ2) is 5.75. The molecule has 0 amide bonds. The third-order valence-corrected chi connectivity index (χ3v) is 3.16. The number of benzene rings is 1. The molecule has 0 atom stereocenters. The van der Waals surface area contributed by atoms with E-state index in [0.717, 1.165) is 0 Å². The zero-order chi connectivity index (χ0) is 16.5. The maximum Gasteiger partial charge on any atom is 0.491 e. The number of halogens is 3. The first-order valence-electron chi connectivity index (χ1n) is 6.04. The molecular formula is C14H15F3O4. The Balaban J connectivity index is 3.37. The molecule has 0 spiro atoms. The van der Waals surface area contributed by atoms with Crippen molar-refractivity contribution < 1.29 is 32.2 Å². The van der Waals surface area contributed by atoms with Crippen LogP contribution in [0.3, 0.4) is 0 Å². The molecule has 7 heteroatoms. The zero-order valence-electron chi connectivity index (χ0n) is 12.3. The molecule has 0 aliphatic carbocycles. The molecule has 0 aliphatic heterocycles. The van der Waals surface area contributed by atoms with Crippen molar-refractivity contribution in [1.82, 2.24) is 0 Å². The number of carbonyl (C=O) groups excluding carboxylic acids is 2. The van der Waals surface area contributed by atoms with Gasteiger partial charge in [-0.05, 0) is 49.9 Å². The van der Waals surface area contributed by atoms with Gasteiger partial charge in [-0.15, -0.1) is 0 Å². The Morgan fingerprint density at radius 3 is 1.43 bits per heavy atom. The molecule has 0 unspecified atom stereocenters. The normalized spacial score (nSPS) is 11.2. The van der Waals surface area contributed by atoms with Crippen LogP contribution in [0.15, 0.2) is 0 Å². The molecule has 0 saturated carbocycles. The van der Waals surface area contributed by atoms with Crippen LogP contribution in [0.4, 0.5) is 13.2 Å². The van der Waals surface area contributed by atoms with Gasteiger partial charge in [0.2, 0.25) is 0 Å². The van der Waals surface area contributed by atoms with E-state index >= 15 is 0 Å². The van der Waals surface area contributed by atoms with Gasteiger partial charge >= 0.3 is 18.1 Å². The molecule has 4 nitrogen and oxygen atoms in total. The minimum atomic E-state index is -5.07. The summed E-state index contributed by atoms with van der Waals surface area (Å²) in [6.45, 7) is 7.36. The monoisotopic (exact) mass is 304 g/mol. The molecule has 1 aromatic carbocycles. The van der Waals surface area contributed by atoms with Gasteiger partial charge in [-0.1, -0.05) is 0 Å². The second-order valence-corrected chi connectivity index (χ2v) is 4.64. The van der Waals surface area contributed by atoms with Crippen LogP contribution >= 0.6 is 0 Å². The van der Waals surface area contributed by atoms with E-state index in [-0.39, 0.29) is 11.5 Å². The molecule has 0 bridgehead atoms. The Labute approximate surface area is 119 Å². The van der Waals surface area contributed by atoms with E-state index in [1.807, 2.05) is 0 Å². The summed E-state index contributed by atoms with van der Waals surface area (Å²) in [6.07, 6.45) is -5.07. The highest BCUT2D eigenvalue weighted by molar-refractivity contribution is 5.80. The highest BCUT2D eigenvalue weighted by Gasteiger charge is 2.42. The number of hydrogen-bond acceptors (Lipinski definition) is 4. The maximum atomic E-state index is 12.3. The van der Waals surface area contributed by atoms with Crippen LogP contribution in [0.25, 0.3) is 0 Å². The van der Waals surface area contributed by atoms with Crippen LogP contribution in [0.1, 0.15) is 29.2 Å². The zero-order valence-corrected chi connectivity index (χ0v) is 12.3. The fourth-order valence-corrected chi connectivity index (χ4v) is 1.84. The van der Waals surface area contributed by atoms with E-state index in [2.05, 4.69) is 4.74 Å². The van der Waals surface area contributed by atoms with Crippen LogP contribution in [0.5, 0.6) is 11.5 Å². The van der Waals surface area contributed by atoms with E-state index in [1.54, 1.807) is 13.8 Å². The lowest BCUT2D eigenvalue weighted by atomic mass is 9.98. The molecule has 0 aromatic heterocycles. The van der Waals surface area contributed by atoms with Crippen LogP contribution in [-0.2, 0) is 9.59 Å². The number of esters is 2. The molecule has 1 aromatic rings. The van der Waals surface area contributed by atoms with Crippen molar-refractivity contribution in [1.29, 1.82) is 0 Å². The molecule has 21 heavy (non-hydrogen) atoms. The van der Waals surface area contributed by atoms with Gasteiger partial charge in [0.25, 0.3) is 0 Å². The predicted octanol–water partition coefficient (Wildman–Crippen LogP) is 3.31. The Hall–Kier alpha value is -2.05. The van der Waals surface area contributed by atoms with Gasteiger partial charge in [0.05, 0.1) is 0 Å². The number of ether oxygens (including phenoxy) is 2. The highest BCUT2D eigenvalue weighted by Crippen LogP contribution is 2.38. The molecule has 0 aliphatic rings. The smallest absolute Gasteiger partial charge is 0.426 e. The van der Waals surface area contributed by atoms with Crippen LogP contribution in [0.2, 0.25) is 0 Å². The Kier molecular flexibility index (Phi) is 4.65. The van der Waals surface area contributed by atoms with Gasteiger partial charge in [0, 0.05) is 6.92 Å². The SMILES string of the molecule is CC(=O)Oc1c(C)c(C)c(OC(=O)C(F)(F)F)c(C)c1C. The largest absolute Gasteiger partial charge is 0.491 e. The van der Waals surface area contributed by atoms with Gasteiger partial charge in [-0.3, -0.25) is 4.79 Å². The molecule has 0 N–H and O–H groups in total. The van der Waals surface area contributed by atoms with E-state index in [1.165, 1.54) is 20.8 Å². The standard InChI is InChI=1S/C14H15F3O4/c1-6-8(3)12(21-13(19)14(15,16)17)9(4)7(2)11(6)20-10(5)18/h1-5H3. The lowest BCUT2D eigenvalue weighted by Crippen LogP contribution is -2.28. The first-order chi connectivity index (χ1) is 9.46. The molecule has 1 rings (SSSR count). The van der Waals surface area contributed by atoms with Gasteiger partial charge in [0.1, 0.15) is 11.5 Å². The van der Waals surface area contributed by atoms with Crippen molar-refractivity contribution in [2.24, 2.45) is 0 Å².